The van der Waals surface area contributed by atoms with Gasteiger partial charge < -0.3 is 15.4 Å². The van der Waals surface area contributed by atoms with Crippen molar-refractivity contribution in [2.75, 3.05) is 17.2 Å². The summed E-state index contributed by atoms with van der Waals surface area (Å²) < 4.78 is 6.41. The van der Waals surface area contributed by atoms with Crippen LogP contribution >= 0.6 is 11.3 Å². The van der Waals surface area contributed by atoms with Gasteiger partial charge in [-0.15, -0.1) is 11.3 Å². The Labute approximate surface area is 223 Å². The van der Waals surface area contributed by atoms with Crippen LogP contribution in [0.1, 0.15) is 50.9 Å². The lowest BCUT2D eigenvalue weighted by atomic mass is 10.2. The van der Waals surface area contributed by atoms with Crippen molar-refractivity contribution >= 4 is 50.7 Å². The maximum absolute atomic E-state index is 13.2. The molecule has 0 bridgehead atoms. The Bertz CT molecular complexity index is 1570. The van der Waals surface area contributed by atoms with Crippen LogP contribution in [-0.4, -0.2) is 33.9 Å². The number of aryl methyl sites for hydroxylation is 2. The topological polar surface area (TPSA) is 119 Å². The minimum atomic E-state index is -0.463. The number of aromatic nitrogens is 2. The van der Waals surface area contributed by atoms with Gasteiger partial charge in [0.25, 0.3) is 11.5 Å². The molecule has 196 valence electrons. The highest BCUT2D eigenvalue weighted by Gasteiger charge is 2.21. The van der Waals surface area contributed by atoms with Crippen LogP contribution < -0.4 is 16.2 Å². The Morgan fingerprint density at radius 2 is 1.84 bits per heavy atom. The van der Waals surface area contributed by atoms with Gasteiger partial charge in [-0.05, 0) is 55.7 Å². The quantitative estimate of drug-likeness (QED) is 0.233. The van der Waals surface area contributed by atoms with E-state index >= 15 is 0 Å². The lowest BCUT2D eigenvalue weighted by molar-refractivity contribution is -0.116. The number of para-hydroxylation sites is 1. The van der Waals surface area contributed by atoms with Crippen LogP contribution in [0.25, 0.3) is 10.2 Å². The van der Waals surface area contributed by atoms with Crippen LogP contribution in [0.4, 0.5) is 11.4 Å². The molecule has 0 atom stereocenters. The number of nitrogens with zero attached hydrogens (tertiary/aromatic N) is 2. The van der Waals surface area contributed by atoms with Crippen LogP contribution in [0.15, 0.2) is 59.7 Å². The fourth-order valence-corrected chi connectivity index (χ4v) is 4.89. The molecular formula is C28H28N4O5S. The average molecular weight is 533 g/mol. The lowest BCUT2D eigenvalue weighted by Crippen LogP contribution is -2.28. The number of esters is 1. The Hall–Kier alpha value is -4.31. The molecule has 0 fully saturated rings. The van der Waals surface area contributed by atoms with Gasteiger partial charge in [-0.2, -0.15) is 0 Å². The maximum atomic E-state index is 13.2. The number of benzene rings is 2. The van der Waals surface area contributed by atoms with E-state index in [4.69, 9.17) is 4.74 Å². The van der Waals surface area contributed by atoms with Gasteiger partial charge in [-0.25, -0.2) is 9.78 Å². The Morgan fingerprint density at radius 3 is 2.61 bits per heavy atom. The average Bonchev–Trinajstić information content (AvgIpc) is 3.24. The van der Waals surface area contributed by atoms with Crippen molar-refractivity contribution in [2.45, 2.75) is 40.2 Å². The van der Waals surface area contributed by atoms with Crippen molar-refractivity contribution < 1.29 is 19.1 Å². The van der Waals surface area contributed by atoms with E-state index in [0.717, 1.165) is 29.7 Å². The summed E-state index contributed by atoms with van der Waals surface area (Å²) in [5.74, 6) is -1.25. The number of rotatable bonds is 9. The maximum Gasteiger partial charge on any atom is 0.338 e. The normalized spacial score (nSPS) is 10.8. The van der Waals surface area contributed by atoms with E-state index in [9.17, 15) is 19.2 Å². The summed E-state index contributed by atoms with van der Waals surface area (Å²) in [6.07, 6.45) is 2.98. The number of ether oxygens (including phenoxy) is 1. The third-order valence-corrected chi connectivity index (χ3v) is 7.14. The molecule has 0 unspecified atom stereocenters. The van der Waals surface area contributed by atoms with Gasteiger partial charge in [-0.3, -0.25) is 19.0 Å². The molecule has 2 aromatic carbocycles. The second-order valence-corrected chi connectivity index (χ2v) is 9.80. The first-order chi connectivity index (χ1) is 18.3. The first-order valence-electron chi connectivity index (χ1n) is 12.2. The van der Waals surface area contributed by atoms with E-state index in [2.05, 4.69) is 15.6 Å². The summed E-state index contributed by atoms with van der Waals surface area (Å²) in [4.78, 5) is 56.2. The summed E-state index contributed by atoms with van der Waals surface area (Å²) in [6, 6.07) is 13.9. The number of amides is 2. The minimum absolute atomic E-state index is 0.285. The predicted molar refractivity (Wildman–Crippen MR) is 148 cm³/mol. The van der Waals surface area contributed by atoms with Crippen LogP contribution in [0.5, 0.6) is 0 Å². The van der Waals surface area contributed by atoms with Crippen LogP contribution in [-0.2, 0) is 16.1 Å². The number of hydrogen-bond donors (Lipinski definition) is 2. The SMILES string of the molecule is CCCCOC(=O)c1cccc(NC(=O)Cn2cnc3sc(C(=O)Nc4ccccc4C)c(C)c3c2=O)c1. The standard InChI is InChI=1S/C28H28N4O5S/c1-4-5-13-37-28(36)19-10-8-11-20(14-19)30-22(33)15-32-16-29-26-23(27(32)35)18(3)24(38-26)25(34)31-21-12-7-6-9-17(21)2/h6-12,14,16H,4-5,13,15H2,1-3H3,(H,30,33)(H,31,34). The third-order valence-electron chi connectivity index (χ3n) is 5.94. The van der Waals surface area contributed by atoms with Crippen molar-refractivity contribution in [1.29, 1.82) is 0 Å². The Kier molecular flexibility index (Phi) is 8.32. The summed E-state index contributed by atoms with van der Waals surface area (Å²) in [7, 11) is 0. The van der Waals surface area contributed by atoms with Gasteiger partial charge >= 0.3 is 5.97 Å². The number of hydrogen-bond acceptors (Lipinski definition) is 7. The Balaban J connectivity index is 1.49. The largest absolute Gasteiger partial charge is 0.462 e. The molecule has 38 heavy (non-hydrogen) atoms. The number of thiophene rings is 1. The zero-order chi connectivity index (χ0) is 27.2. The van der Waals surface area contributed by atoms with E-state index in [-0.39, 0.29) is 12.5 Å². The monoisotopic (exact) mass is 532 g/mol. The second-order valence-electron chi connectivity index (χ2n) is 8.80. The van der Waals surface area contributed by atoms with E-state index in [1.807, 2.05) is 38.1 Å². The van der Waals surface area contributed by atoms with Crippen LogP contribution in [0.3, 0.4) is 0 Å². The first-order valence-corrected chi connectivity index (χ1v) is 13.0. The van der Waals surface area contributed by atoms with Gasteiger partial charge in [0.1, 0.15) is 11.4 Å². The zero-order valence-corrected chi connectivity index (χ0v) is 22.2. The molecule has 0 saturated carbocycles. The molecular weight excluding hydrogens is 504 g/mol. The van der Waals surface area contributed by atoms with Crippen molar-refractivity contribution in [3.8, 4) is 0 Å². The number of carbonyl (C=O) groups is 3. The molecule has 4 rings (SSSR count). The van der Waals surface area contributed by atoms with Gasteiger partial charge in [0, 0.05) is 11.4 Å². The van der Waals surface area contributed by atoms with E-state index < -0.39 is 17.4 Å². The van der Waals surface area contributed by atoms with Crippen LogP contribution in [0.2, 0.25) is 0 Å². The smallest absolute Gasteiger partial charge is 0.338 e. The molecule has 2 N–H and O–H groups in total. The highest BCUT2D eigenvalue weighted by Crippen LogP contribution is 2.28. The van der Waals surface area contributed by atoms with Crippen molar-refractivity contribution in [1.82, 2.24) is 9.55 Å². The molecule has 0 radical (unpaired) electrons. The molecule has 0 aliphatic rings. The van der Waals surface area contributed by atoms with E-state index in [1.54, 1.807) is 25.1 Å². The molecule has 9 nitrogen and oxygen atoms in total. The van der Waals surface area contributed by atoms with E-state index in [1.165, 1.54) is 17.0 Å². The highest BCUT2D eigenvalue weighted by atomic mass is 32.1. The molecule has 10 heteroatoms. The van der Waals surface area contributed by atoms with Gasteiger partial charge in [0.05, 0.1) is 28.8 Å². The number of anilines is 2. The molecule has 0 spiro atoms. The fourth-order valence-electron chi connectivity index (χ4n) is 3.85. The molecule has 2 aromatic heterocycles. The predicted octanol–water partition coefficient (Wildman–Crippen LogP) is 4.92. The number of fused-ring (bicyclic) bond motifs is 1. The molecule has 2 heterocycles. The minimum Gasteiger partial charge on any atom is -0.462 e. The van der Waals surface area contributed by atoms with Crippen molar-refractivity contribution in [3.05, 3.63) is 86.8 Å². The number of nitrogens with one attached hydrogen (secondary N) is 2. The summed E-state index contributed by atoms with van der Waals surface area (Å²) in [5, 5.41) is 5.89. The zero-order valence-electron chi connectivity index (χ0n) is 21.4. The molecule has 0 saturated heterocycles. The third kappa shape index (κ3) is 5.97. The summed E-state index contributed by atoms with van der Waals surface area (Å²) in [5.41, 5.74) is 2.44. The first kappa shape index (κ1) is 26.7. The molecule has 4 aromatic rings. The van der Waals surface area contributed by atoms with E-state index in [0.29, 0.717) is 44.2 Å². The summed E-state index contributed by atoms with van der Waals surface area (Å²) >= 11 is 1.13. The number of unbranched alkanes of at least 4 members (excludes halogenated alkanes) is 1. The highest BCUT2D eigenvalue weighted by molar-refractivity contribution is 7.20. The van der Waals surface area contributed by atoms with Crippen molar-refractivity contribution in [2.24, 2.45) is 0 Å². The second kappa shape index (κ2) is 11.8. The van der Waals surface area contributed by atoms with Gasteiger partial charge in [0.15, 0.2) is 0 Å². The van der Waals surface area contributed by atoms with Crippen molar-refractivity contribution in [3.63, 3.8) is 0 Å². The van der Waals surface area contributed by atoms with Gasteiger partial charge in [-0.1, -0.05) is 37.6 Å². The fraction of sp³-hybridized carbons (Fsp3) is 0.250. The molecule has 2 amide bonds. The number of carbonyl (C=O) groups excluding carboxylic acids is 3. The molecule has 0 aliphatic carbocycles. The summed E-state index contributed by atoms with van der Waals surface area (Å²) in [6.45, 7) is 5.65. The lowest BCUT2D eigenvalue weighted by Gasteiger charge is -2.09. The molecule has 0 aliphatic heterocycles. The van der Waals surface area contributed by atoms with Crippen LogP contribution in [0, 0.1) is 13.8 Å². The van der Waals surface area contributed by atoms with Gasteiger partial charge in [0.2, 0.25) is 5.91 Å². The Morgan fingerprint density at radius 1 is 1.05 bits per heavy atom.